The number of hydrogen-bond acceptors (Lipinski definition) is 5. The van der Waals surface area contributed by atoms with Crippen molar-refractivity contribution >= 4 is 21.6 Å². The molecule has 0 saturated carbocycles. The number of sulfonamides is 1. The lowest BCUT2D eigenvalue weighted by Gasteiger charge is -2.28. The topological polar surface area (TPSA) is 79.0 Å². The number of carbonyl (C=O) groups excluding carboxylic acids is 1. The van der Waals surface area contributed by atoms with Crippen molar-refractivity contribution in [3.8, 4) is 0 Å². The summed E-state index contributed by atoms with van der Waals surface area (Å²) >= 11 is 0. The molecule has 0 aliphatic carbocycles. The van der Waals surface area contributed by atoms with E-state index in [-0.39, 0.29) is 12.2 Å². The van der Waals surface area contributed by atoms with Crippen LogP contribution in [0.4, 0.5) is 10.1 Å². The molecule has 3 rings (SSSR count). The van der Waals surface area contributed by atoms with Crippen LogP contribution in [0.25, 0.3) is 0 Å². The molecule has 7 nitrogen and oxygen atoms in total. The van der Waals surface area contributed by atoms with Gasteiger partial charge in [-0.15, -0.1) is 0 Å². The SMILES string of the molecule is C[C@@H](C(=O)NCc1ccc(CN2CCOCC2)cc1)N(c1cccc(F)c1)S(C)(=O)=O. The standard InChI is InChI=1S/C22H28FN3O4S/c1-17(26(31(2,28)29)21-5-3-4-20(23)14-21)22(27)24-15-18-6-8-19(9-7-18)16-25-10-12-30-13-11-25/h3-9,14,17H,10-13,15-16H2,1-2H3,(H,24,27)/t17-/m0/s1. The zero-order valence-electron chi connectivity index (χ0n) is 17.8. The van der Waals surface area contributed by atoms with Gasteiger partial charge in [0.2, 0.25) is 15.9 Å². The fourth-order valence-corrected chi connectivity index (χ4v) is 4.71. The molecule has 1 fully saturated rings. The van der Waals surface area contributed by atoms with Crippen molar-refractivity contribution in [2.45, 2.75) is 26.1 Å². The summed E-state index contributed by atoms with van der Waals surface area (Å²) in [6, 6.07) is 12.1. The highest BCUT2D eigenvalue weighted by Crippen LogP contribution is 2.21. The predicted molar refractivity (Wildman–Crippen MR) is 118 cm³/mol. The highest BCUT2D eigenvalue weighted by molar-refractivity contribution is 7.92. The van der Waals surface area contributed by atoms with E-state index in [1.807, 2.05) is 24.3 Å². The number of nitrogens with zero attached hydrogens (tertiary/aromatic N) is 2. The minimum atomic E-state index is -3.79. The van der Waals surface area contributed by atoms with Gasteiger partial charge in [0.05, 0.1) is 25.2 Å². The molecule has 1 aliphatic rings. The summed E-state index contributed by atoms with van der Waals surface area (Å²) in [5.74, 6) is -1.04. The molecule has 1 aliphatic heterocycles. The molecule has 31 heavy (non-hydrogen) atoms. The smallest absolute Gasteiger partial charge is 0.243 e. The Bertz CT molecular complexity index is 992. The number of nitrogens with one attached hydrogen (secondary N) is 1. The summed E-state index contributed by atoms with van der Waals surface area (Å²) in [5, 5.41) is 2.77. The van der Waals surface area contributed by atoms with Gasteiger partial charge in [-0.25, -0.2) is 12.8 Å². The van der Waals surface area contributed by atoms with Crippen molar-refractivity contribution < 1.29 is 22.3 Å². The van der Waals surface area contributed by atoms with E-state index < -0.39 is 27.8 Å². The maximum absolute atomic E-state index is 13.6. The van der Waals surface area contributed by atoms with Gasteiger partial charge < -0.3 is 10.1 Å². The number of morpholine rings is 1. The normalized spacial score (nSPS) is 16.0. The lowest BCUT2D eigenvalue weighted by Crippen LogP contribution is -2.47. The number of benzene rings is 2. The molecular formula is C22H28FN3O4S. The largest absolute Gasteiger partial charge is 0.379 e. The summed E-state index contributed by atoms with van der Waals surface area (Å²) in [5.41, 5.74) is 2.19. The molecule has 0 spiro atoms. The van der Waals surface area contributed by atoms with E-state index in [0.29, 0.717) is 0 Å². The van der Waals surface area contributed by atoms with E-state index in [1.165, 1.54) is 30.7 Å². The van der Waals surface area contributed by atoms with Gasteiger partial charge in [0.15, 0.2) is 0 Å². The Morgan fingerprint density at radius 2 is 1.81 bits per heavy atom. The highest BCUT2D eigenvalue weighted by atomic mass is 32.2. The number of amides is 1. The average Bonchev–Trinajstić information content (AvgIpc) is 2.73. The number of hydrogen-bond donors (Lipinski definition) is 1. The third-order valence-electron chi connectivity index (χ3n) is 5.15. The maximum Gasteiger partial charge on any atom is 0.243 e. The molecule has 1 amide bonds. The number of carbonyl (C=O) groups is 1. The van der Waals surface area contributed by atoms with E-state index in [4.69, 9.17) is 4.74 Å². The van der Waals surface area contributed by atoms with Gasteiger partial charge in [-0.1, -0.05) is 30.3 Å². The van der Waals surface area contributed by atoms with Crippen molar-refractivity contribution in [3.63, 3.8) is 0 Å². The number of rotatable bonds is 8. The zero-order valence-corrected chi connectivity index (χ0v) is 18.6. The lowest BCUT2D eigenvalue weighted by molar-refractivity contribution is -0.122. The number of ether oxygens (including phenoxy) is 1. The van der Waals surface area contributed by atoms with Crippen molar-refractivity contribution in [2.75, 3.05) is 36.9 Å². The molecule has 0 bridgehead atoms. The summed E-state index contributed by atoms with van der Waals surface area (Å²) < 4.78 is 44.4. The first-order valence-electron chi connectivity index (χ1n) is 10.1. The number of anilines is 1. The van der Waals surface area contributed by atoms with Crippen molar-refractivity contribution in [1.82, 2.24) is 10.2 Å². The Labute approximate surface area is 182 Å². The minimum Gasteiger partial charge on any atom is -0.379 e. The van der Waals surface area contributed by atoms with Crippen LogP contribution in [0, 0.1) is 5.82 Å². The van der Waals surface area contributed by atoms with Gasteiger partial charge in [-0.2, -0.15) is 0 Å². The molecule has 168 valence electrons. The second-order valence-electron chi connectivity index (χ2n) is 7.64. The van der Waals surface area contributed by atoms with Gasteiger partial charge in [0, 0.05) is 26.2 Å². The van der Waals surface area contributed by atoms with Crippen molar-refractivity contribution in [2.24, 2.45) is 0 Å². The van der Waals surface area contributed by atoms with Crippen LogP contribution in [0.15, 0.2) is 48.5 Å². The first-order chi connectivity index (χ1) is 14.7. The van der Waals surface area contributed by atoms with Gasteiger partial charge >= 0.3 is 0 Å². The first kappa shape index (κ1) is 23.2. The molecule has 1 N–H and O–H groups in total. The molecule has 0 unspecified atom stereocenters. The van der Waals surface area contributed by atoms with Crippen molar-refractivity contribution in [1.29, 1.82) is 0 Å². The summed E-state index contributed by atoms with van der Waals surface area (Å²) in [6.45, 7) is 5.93. The summed E-state index contributed by atoms with van der Waals surface area (Å²) in [6.07, 6.45) is 0.995. The summed E-state index contributed by atoms with van der Waals surface area (Å²) in [4.78, 5) is 15.0. The van der Waals surface area contributed by atoms with E-state index in [1.54, 1.807) is 0 Å². The Morgan fingerprint density at radius 1 is 1.16 bits per heavy atom. The van der Waals surface area contributed by atoms with Crippen LogP contribution in [-0.4, -0.2) is 57.8 Å². The van der Waals surface area contributed by atoms with E-state index in [0.717, 1.165) is 55.0 Å². The van der Waals surface area contributed by atoms with Gasteiger partial charge in [-0.3, -0.25) is 14.0 Å². The molecule has 0 aromatic heterocycles. The Kier molecular flexibility index (Phi) is 7.64. The number of halogens is 1. The summed E-state index contributed by atoms with van der Waals surface area (Å²) in [7, 11) is -3.79. The fraction of sp³-hybridized carbons (Fsp3) is 0.409. The minimum absolute atomic E-state index is 0.109. The highest BCUT2D eigenvalue weighted by Gasteiger charge is 2.29. The van der Waals surface area contributed by atoms with Crippen LogP contribution in [-0.2, 0) is 32.6 Å². The predicted octanol–water partition coefficient (Wildman–Crippen LogP) is 2.13. The van der Waals surface area contributed by atoms with Crippen LogP contribution in [0.5, 0.6) is 0 Å². The molecule has 1 atom stereocenters. The van der Waals surface area contributed by atoms with Crippen LogP contribution < -0.4 is 9.62 Å². The molecule has 2 aromatic carbocycles. The third-order valence-corrected chi connectivity index (χ3v) is 6.39. The Hall–Kier alpha value is -2.49. The maximum atomic E-state index is 13.6. The van der Waals surface area contributed by atoms with Crippen molar-refractivity contribution in [3.05, 3.63) is 65.5 Å². The van der Waals surface area contributed by atoms with E-state index in [9.17, 15) is 17.6 Å². The Morgan fingerprint density at radius 3 is 2.42 bits per heavy atom. The first-order valence-corrected chi connectivity index (χ1v) is 12.0. The zero-order chi connectivity index (χ0) is 22.4. The van der Waals surface area contributed by atoms with E-state index >= 15 is 0 Å². The van der Waals surface area contributed by atoms with Gasteiger partial charge in [0.25, 0.3) is 0 Å². The third kappa shape index (κ3) is 6.49. The molecular weight excluding hydrogens is 421 g/mol. The lowest BCUT2D eigenvalue weighted by atomic mass is 10.1. The van der Waals surface area contributed by atoms with Gasteiger partial charge in [-0.05, 0) is 36.2 Å². The molecule has 9 heteroatoms. The Balaban J connectivity index is 1.60. The molecule has 2 aromatic rings. The van der Waals surface area contributed by atoms with Crippen LogP contribution in [0.1, 0.15) is 18.1 Å². The average molecular weight is 450 g/mol. The quantitative estimate of drug-likeness (QED) is 0.668. The van der Waals surface area contributed by atoms with E-state index in [2.05, 4.69) is 10.2 Å². The second-order valence-corrected chi connectivity index (χ2v) is 9.50. The van der Waals surface area contributed by atoms with Gasteiger partial charge in [0.1, 0.15) is 11.9 Å². The van der Waals surface area contributed by atoms with Crippen LogP contribution >= 0.6 is 0 Å². The second kappa shape index (κ2) is 10.2. The van der Waals surface area contributed by atoms with Crippen LogP contribution in [0.2, 0.25) is 0 Å². The molecule has 1 saturated heterocycles. The molecule has 1 heterocycles. The molecule has 0 radical (unpaired) electrons. The monoisotopic (exact) mass is 449 g/mol. The fourth-order valence-electron chi connectivity index (χ4n) is 3.54. The van der Waals surface area contributed by atoms with Crippen LogP contribution in [0.3, 0.4) is 0 Å².